The summed E-state index contributed by atoms with van der Waals surface area (Å²) >= 11 is 3.37. The lowest BCUT2D eigenvalue weighted by atomic mass is 10.2. The molecule has 1 aromatic rings. The topological polar surface area (TPSA) is 49.3 Å². The van der Waals surface area contributed by atoms with Gasteiger partial charge in [-0.2, -0.15) is 0 Å². The second-order valence-corrected chi connectivity index (χ2v) is 5.09. The zero-order valence-corrected chi connectivity index (χ0v) is 8.67. The van der Waals surface area contributed by atoms with Crippen LogP contribution in [0.2, 0.25) is 0 Å². The van der Waals surface area contributed by atoms with E-state index in [0.717, 1.165) is 10.6 Å². The molecule has 0 aliphatic carbocycles. The first-order chi connectivity index (χ1) is 6.20. The largest absolute Gasteiger partial charge is 0.480 e. The predicted octanol–water partition coefficient (Wildman–Crippen LogP) is 1.89. The molecule has 1 atom stereocenters. The Morgan fingerprint density at radius 1 is 1.85 bits per heavy atom. The number of nitrogens with one attached hydrogen (secondary N) is 1. The van der Waals surface area contributed by atoms with Crippen molar-refractivity contribution in [1.82, 2.24) is 0 Å². The second kappa shape index (κ2) is 3.23. The number of thiophene rings is 1. The van der Waals surface area contributed by atoms with Crippen LogP contribution in [-0.2, 0) is 11.2 Å². The van der Waals surface area contributed by atoms with Gasteiger partial charge in [0.1, 0.15) is 6.04 Å². The minimum Gasteiger partial charge on any atom is -0.480 e. The molecule has 0 aromatic carbocycles. The number of aliphatic carboxylic acids is 1. The minimum absolute atomic E-state index is 0.419. The van der Waals surface area contributed by atoms with Crippen LogP contribution in [0.15, 0.2) is 10.3 Å². The maximum Gasteiger partial charge on any atom is 0.326 e. The zero-order chi connectivity index (χ0) is 9.42. The number of thioether (sulfide) groups is 1. The molecule has 2 N–H and O–H groups in total. The Morgan fingerprint density at radius 2 is 2.62 bits per heavy atom. The van der Waals surface area contributed by atoms with Gasteiger partial charge in [0.25, 0.3) is 0 Å². The van der Waals surface area contributed by atoms with Gasteiger partial charge in [-0.05, 0) is 12.3 Å². The summed E-state index contributed by atoms with van der Waals surface area (Å²) in [5.41, 5.74) is 1.00. The number of fused-ring (bicyclic) bond motifs is 1. The van der Waals surface area contributed by atoms with Crippen LogP contribution in [0.3, 0.4) is 0 Å². The molecular weight excluding hydrogens is 206 g/mol. The Balaban J connectivity index is 2.19. The minimum atomic E-state index is -0.769. The van der Waals surface area contributed by atoms with Gasteiger partial charge in [0.05, 0.1) is 9.90 Å². The van der Waals surface area contributed by atoms with Gasteiger partial charge in [-0.1, -0.05) is 0 Å². The van der Waals surface area contributed by atoms with Crippen LogP contribution in [0.25, 0.3) is 0 Å². The zero-order valence-electron chi connectivity index (χ0n) is 7.03. The van der Waals surface area contributed by atoms with E-state index in [2.05, 4.69) is 5.32 Å². The summed E-state index contributed by atoms with van der Waals surface area (Å²) < 4.78 is 1.24. The molecule has 1 aliphatic rings. The molecule has 1 unspecified atom stereocenters. The van der Waals surface area contributed by atoms with Crippen molar-refractivity contribution in [3.63, 3.8) is 0 Å². The summed E-state index contributed by atoms with van der Waals surface area (Å²) in [6.07, 6.45) is 2.64. The molecule has 3 nitrogen and oxygen atoms in total. The molecule has 0 saturated heterocycles. The van der Waals surface area contributed by atoms with Gasteiger partial charge in [0.15, 0.2) is 0 Å². The van der Waals surface area contributed by atoms with Crippen LogP contribution < -0.4 is 5.32 Å². The molecule has 0 amide bonds. The molecule has 0 bridgehead atoms. The average molecular weight is 215 g/mol. The van der Waals surface area contributed by atoms with Crippen LogP contribution in [0.4, 0.5) is 5.69 Å². The van der Waals surface area contributed by atoms with Crippen molar-refractivity contribution in [2.75, 3.05) is 11.6 Å². The van der Waals surface area contributed by atoms with Crippen LogP contribution in [0.1, 0.15) is 4.88 Å². The molecule has 1 aliphatic heterocycles. The summed E-state index contributed by atoms with van der Waals surface area (Å²) in [6, 6.07) is 1.60. The van der Waals surface area contributed by atoms with Crippen molar-refractivity contribution < 1.29 is 9.90 Å². The smallest absolute Gasteiger partial charge is 0.326 e. The van der Waals surface area contributed by atoms with E-state index < -0.39 is 12.0 Å². The van der Waals surface area contributed by atoms with Crippen molar-refractivity contribution in [2.24, 2.45) is 0 Å². The summed E-state index contributed by atoms with van der Waals surface area (Å²) in [5.74, 6) is -0.769. The molecule has 0 fully saturated rings. The van der Waals surface area contributed by atoms with E-state index in [9.17, 15) is 4.79 Å². The lowest BCUT2D eigenvalue weighted by molar-refractivity contribution is -0.137. The number of carboxylic acids is 1. The van der Waals surface area contributed by atoms with E-state index >= 15 is 0 Å². The molecule has 70 valence electrons. The van der Waals surface area contributed by atoms with E-state index in [1.165, 1.54) is 4.21 Å². The Hall–Kier alpha value is -0.680. The first kappa shape index (κ1) is 8.90. The fourth-order valence-electron chi connectivity index (χ4n) is 1.35. The monoisotopic (exact) mass is 215 g/mol. The van der Waals surface area contributed by atoms with E-state index in [1.54, 1.807) is 23.1 Å². The third-order valence-electron chi connectivity index (χ3n) is 2.00. The summed E-state index contributed by atoms with van der Waals surface area (Å²) in [5, 5.41) is 11.8. The van der Waals surface area contributed by atoms with E-state index in [4.69, 9.17) is 5.11 Å². The fraction of sp³-hybridized carbons (Fsp3) is 0.375. The summed E-state index contributed by atoms with van der Waals surface area (Å²) in [6.45, 7) is 0. The van der Waals surface area contributed by atoms with Crippen LogP contribution in [0.5, 0.6) is 0 Å². The highest BCUT2D eigenvalue weighted by molar-refractivity contribution is 8.00. The molecule has 5 heteroatoms. The SMILES string of the molecule is CSc1cc2c(s1)CC(C(=O)O)N2. The molecule has 2 rings (SSSR count). The number of hydrogen-bond acceptors (Lipinski definition) is 4. The van der Waals surface area contributed by atoms with Gasteiger partial charge in [-0.15, -0.1) is 23.1 Å². The number of anilines is 1. The number of carbonyl (C=O) groups is 1. The van der Waals surface area contributed by atoms with Gasteiger partial charge in [0.2, 0.25) is 0 Å². The predicted molar refractivity (Wildman–Crippen MR) is 54.9 cm³/mol. The van der Waals surface area contributed by atoms with Gasteiger partial charge in [-0.25, -0.2) is 4.79 Å². The van der Waals surface area contributed by atoms with Crippen LogP contribution >= 0.6 is 23.1 Å². The van der Waals surface area contributed by atoms with E-state index in [1.807, 2.05) is 12.3 Å². The van der Waals surface area contributed by atoms with Crippen LogP contribution in [-0.4, -0.2) is 23.4 Å². The Bertz CT molecular complexity index is 324. The van der Waals surface area contributed by atoms with E-state index in [0.29, 0.717) is 6.42 Å². The third-order valence-corrected chi connectivity index (χ3v) is 4.23. The second-order valence-electron chi connectivity index (χ2n) is 2.85. The van der Waals surface area contributed by atoms with Crippen molar-refractivity contribution in [2.45, 2.75) is 16.7 Å². The highest BCUT2D eigenvalue weighted by atomic mass is 32.2. The Morgan fingerprint density at radius 3 is 3.15 bits per heavy atom. The van der Waals surface area contributed by atoms with Crippen LogP contribution in [0, 0.1) is 0 Å². The lowest BCUT2D eigenvalue weighted by Crippen LogP contribution is -2.26. The normalized spacial score (nSPS) is 19.6. The molecular formula is C8H9NO2S2. The average Bonchev–Trinajstić information content (AvgIpc) is 2.58. The van der Waals surface area contributed by atoms with Crippen molar-refractivity contribution in [3.05, 3.63) is 10.9 Å². The molecule has 0 spiro atoms. The maximum atomic E-state index is 10.7. The standard InChI is InChI=1S/C8H9NO2S2/c1-12-7-3-4-6(13-7)2-5(9-4)8(10)11/h3,5,9H,2H2,1H3,(H,10,11). The first-order valence-electron chi connectivity index (χ1n) is 3.86. The van der Waals surface area contributed by atoms with Gasteiger partial charge in [-0.3, -0.25) is 0 Å². The highest BCUT2D eigenvalue weighted by Gasteiger charge is 2.28. The van der Waals surface area contributed by atoms with Crippen molar-refractivity contribution in [1.29, 1.82) is 0 Å². The summed E-state index contributed by atoms with van der Waals surface area (Å²) in [7, 11) is 0. The number of rotatable bonds is 2. The number of carboxylic acid groups (broad SMARTS) is 1. The van der Waals surface area contributed by atoms with Crippen molar-refractivity contribution in [3.8, 4) is 0 Å². The van der Waals surface area contributed by atoms with E-state index in [-0.39, 0.29) is 0 Å². The Kier molecular flexibility index (Phi) is 2.21. The molecule has 0 radical (unpaired) electrons. The lowest BCUT2D eigenvalue weighted by Gasteiger charge is -2.03. The quantitative estimate of drug-likeness (QED) is 0.740. The number of hydrogen-bond donors (Lipinski definition) is 2. The highest BCUT2D eigenvalue weighted by Crippen LogP contribution is 2.38. The Labute approximate surface area is 84.2 Å². The molecule has 2 heterocycles. The van der Waals surface area contributed by atoms with Crippen molar-refractivity contribution >= 4 is 34.8 Å². The third kappa shape index (κ3) is 1.53. The molecule has 1 aromatic heterocycles. The first-order valence-corrected chi connectivity index (χ1v) is 5.91. The van der Waals surface area contributed by atoms with Gasteiger partial charge >= 0.3 is 5.97 Å². The molecule has 0 saturated carbocycles. The maximum absolute atomic E-state index is 10.7. The summed E-state index contributed by atoms with van der Waals surface area (Å²) in [4.78, 5) is 11.8. The van der Waals surface area contributed by atoms with Gasteiger partial charge in [0, 0.05) is 11.3 Å². The fourth-order valence-corrected chi connectivity index (χ4v) is 3.12. The molecule has 13 heavy (non-hydrogen) atoms. The van der Waals surface area contributed by atoms with Gasteiger partial charge < -0.3 is 10.4 Å².